The number of hydrogen-bond acceptors (Lipinski definition) is 4. The van der Waals surface area contributed by atoms with E-state index in [-0.39, 0.29) is 11.1 Å². The Labute approximate surface area is 114 Å². The van der Waals surface area contributed by atoms with E-state index < -0.39 is 5.97 Å². The number of rotatable bonds is 3. The van der Waals surface area contributed by atoms with Gasteiger partial charge in [0.1, 0.15) is 0 Å². The number of anilines is 2. The zero-order chi connectivity index (χ0) is 14.1. The van der Waals surface area contributed by atoms with Crippen molar-refractivity contribution in [3.05, 3.63) is 51.4 Å². The number of carboxylic acids is 1. The van der Waals surface area contributed by atoms with Crippen LogP contribution in [0.15, 0.2) is 29.1 Å². The summed E-state index contributed by atoms with van der Waals surface area (Å²) in [4.78, 5) is 29.8. The number of H-pyrrole nitrogens is 1. The number of fused-ring (bicyclic) bond motifs is 1. The first-order chi connectivity index (χ1) is 9.63. The van der Waals surface area contributed by atoms with Gasteiger partial charge in [-0.25, -0.2) is 9.78 Å². The lowest BCUT2D eigenvalue weighted by atomic mass is 10.2. The maximum absolute atomic E-state index is 11.9. The molecule has 0 saturated heterocycles. The van der Waals surface area contributed by atoms with Crippen LogP contribution in [-0.2, 0) is 12.8 Å². The largest absolute Gasteiger partial charge is 0.478 e. The molecule has 0 spiro atoms. The molecule has 3 rings (SSSR count). The molecule has 1 aliphatic rings. The van der Waals surface area contributed by atoms with Crippen LogP contribution in [0.1, 0.15) is 28.0 Å². The quantitative estimate of drug-likeness (QED) is 0.789. The summed E-state index contributed by atoms with van der Waals surface area (Å²) in [7, 11) is 0. The molecular weight excluding hydrogens is 258 g/mol. The van der Waals surface area contributed by atoms with Gasteiger partial charge in [0.15, 0.2) is 0 Å². The molecular formula is C14H13N3O3. The van der Waals surface area contributed by atoms with Gasteiger partial charge in [-0.3, -0.25) is 9.78 Å². The van der Waals surface area contributed by atoms with Crippen LogP contribution in [0.5, 0.6) is 0 Å². The zero-order valence-electron chi connectivity index (χ0n) is 10.6. The fourth-order valence-corrected chi connectivity index (χ4v) is 2.37. The summed E-state index contributed by atoms with van der Waals surface area (Å²) >= 11 is 0. The fourth-order valence-electron chi connectivity index (χ4n) is 2.37. The van der Waals surface area contributed by atoms with E-state index in [1.807, 2.05) is 0 Å². The molecule has 6 nitrogen and oxygen atoms in total. The molecule has 0 saturated carbocycles. The number of aromatic amines is 1. The van der Waals surface area contributed by atoms with Gasteiger partial charge in [-0.2, -0.15) is 0 Å². The average Bonchev–Trinajstić information content (AvgIpc) is 2.88. The van der Waals surface area contributed by atoms with Crippen LogP contribution < -0.4 is 10.9 Å². The summed E-state index contributed by atoms with van der Waals surface area (Å²) in [5, 5.41) is 11.9. The molecule has 0 amide bonds. The normalized spacial score (nSPS) is 13.0. The number of benzene rings is 1. The van der Waals surface area contributed by atoms with Crippen LogP contribution in [0.4, 0.5) is 11.6 Å². The first-order valence-corrected chi connectivity index (χ1v) is 6.36. The number of hydrogen-bond donors (Lipinski definition) is 3. The van der Waals surface area contributed by atoms with Crippen molar-refractivity contribution >= 4 is 17.6 Å². The van der Waals surface area contributed by atoms with Gasteiger partial charge < -0.3 is 10.4 Å². The molecule has 1 aromatic carbocycles. The highest BCUT2D eigenvalue weighted by Gasteiger charge is 2.17. The Morgan fingerprint density at radius 2 is 2.20 bits per heavy atom. The summed E-state index contributed by atoms with van der Waals surface area (Å²) < 4.78 is 0. The summed E-state index contributed by atoms with van der Waals surface area (Å²) in [6.45, 7) is 0. The minimum atomic E-state index is -0.996. The van der Waals surface area contributed by atoms with Crippen molar-refractivity contribution in [1.29, 1.82) is 0 Å². The number of carboxylic acid groups (broad SMARTS) is 1. The SMILES string of the molecule is O=C(O)c1cccc(Nc2nc3c(c(=O)[nH]2)CCC3)c1. The van der Waals surface area contributed by atoms with E-state index in [2.05, 4.69) is 15.3 Å². The zero-order valence-corrected chi connectivity index (χ0v) is 10.6. The van der Waals surface area contributed by atoms with Gasteiger partial charge in [0.2, 0.25) is 5.95 Å². The van der Waals surface area contributed by atoms with Gasteiger partial charge in [0.05, 0.1) is 11.3 Å². The molecule has 102 valence electrons. The van der Waals surface area contributed by atoms with Gasteiger partial charge in [-0.15, -0.1) is 0 Å². The second-order valence-electron chi connectivity index (χ2n) is 4.70. The van der Waals surface area contributed by atoms with Crippen LogP contribution >= 0.6 is 0 Å². The Kier molecular flexibility index (Phi) is 2.98. The Balaban J connectivity index is 1.92. The van der Waals surface area contributed by atoms with Crippen molar-refractivity contribution in [3.8, 4) is 0 Å². The lowest BCUT2D eigenvalue weighted by Gasteiger charge is -2.07. The molecule has 0 atom stereocenters. The molecule has 6 heteroatoms. The smallest absolute Gasteiger partial charge is 0.335 e. The minimum Gasteiger partial charge on any atom is -0.478 e. The molecule has 0 aliphatic heterocycles. The average molecular weight is 271 g/mol. The Hall–Kier alpha value is -2.63. The Morgan fingerprint density at radius 1 is 1.35 bits per heavy atom. The maximum Gasteiger partial charge on any atom is 0.335 e. The van der Waals surface area contributed by atoms with Gasteiger partial charge >= 0.3 is 5.97 Å². The number of nitrogens with zero attached hydrogens (tertiary/aromatic N) is 1. The summed E-state index contributed by atoms with van der Waals surface area (Å²) in [6.07, 6.45) is 2.53. The molecule has 0 radical (unpaired) electrons. The molecule has 0 unspecified atom stereocenters. The molecule has 0 bridgehead atoms. The van der Waals surface area contributed by atoms with E-state index >= 15 is 0 Å². The third-order valence-electron chi connectivity index (χ3n) is 3.31. The number of aromatic carboxylic acids is 1. The molecule has 1 heterocycles. The predicted octanol–water partition coefficient (Wildman–Crippen LogP) is 1.70. The minimum absolute atomic E-state index is 0.121. The van der Waals surface area contributed by atoms with Crippen molar-refractivity contribution in [2.75, 3.05) is 5.32 Å². The third-order valence-corrected chi connectivity index (χ3v) is 3.31. The third kappa shape index (κ3) is 2.27. The van der Waals surface area contributed by atoms with E-state index in [0.717, 1.165) is 30.5 Å². The Morgan fingerprint density at radius 3 is 3.00 bits per heavy atom. The van der Waals surface area contributed by atoms with E-state index in [0.29, 0.717) is 11.6 Å². The molecule has 1 aromatic heterocycles. The maximum atomic E-state index is 11.9. The van der Waals surface area contributed by atoms with E-state index in [4.69, 9.17) is 5.11 Å². The van der Waals surface area contributed by atoms with Crippen molar-refractivity contribution in [2.45, 2.75) is 19.3 Å². The monoisotopic (exact) mass is 271 g/mol. The van der Waals surface area contributed by atoms with E-state index in [1.165, 1.54) is 12.1 Å². The molecule has 3 N–H and O–H groups in total. The van der Waals surface area contributed by atoms with Crippen LogP contribution in [0.3, 0.4) is 0 Å². The highest BCUT2D eigenvalue weighted by molar-refractivity contribution is 5.88. The second-order valence-corrected chi connectivity index (χ2v) is 4.70. The lowest BCUT2D eigenvalue weighted by molar-refractivity contribution is 0.0697. The van der Waals surface area contributed by atoms with Crippen LogP contribution in [0.25, 0.3) is 0 Å². The number of aryl methyl sites for hydroxylation is 1. The number of carbonyl (C=O) groups is 1. The van der Waals surface area contributed by atoms with Gasteiger partial charge in [0.25, 0.3) is 5.56 Å². The highest BCUT2D eigenvalue weighted by atomic mass is 16.4. The second kappa shape index (κ2) is 4.80. The van der Waals surface area contributed by atoms with Crippen molar-refractivity contribution < 1.29 is 9.90 Å². The first kappa shape index (κ1) is 12.4. The van der Waals surface area contributed by atoms with Crippen LogP contribution in [-0.4, -0.2) is 21.0 Å². The molecule has 2 aromatic rings. The fraction of sp³-hybridized carbons (Fsp3) is 0.214. The van der Waals surface area contributed by atoms with Crippen molar-refractivity contribution in [1.82, 2.24) is 9.97 Å². The molecule has 1 aliphatic carbocycles. The molecule has 20 heavy (non-hydrogen) atoms. The standard InChI is InChI=1S/C14H13N3O3/c18-12-10-5-2-6-11(10)16-14(17-12)15-9-4-1-3-8(7-9)13(19)20/h1,3-4,7H,2,5-6H2,(H,19,20)(H2,15,16,17,18). The van der Waals surface area contributed by atoms with Crippen LogP contribution in [0, 0.1) is 0 Å². The summed E-state index contributed by atoms with van der Waals surface area (Å²) in [6, 6.07) is 6.36. The summed E-state index contributed by atoms with van der Waals surface area (Å²) in [5.74, 6) is -0.651. The first-order valence-electron chi connectivity index (χ1n) is 6.36. The van der Waals surface area contributed by atoms with Crippen LogP contribution in [0.2, 0.25) is 0 Å². The van der Waals surface area contributed by atoms with E-state index in [9.17, 15) is 9.59 Å². The Bertz CT molecular complexity index is 737. The van der Waals surface area contributed by atoms with Gasteiger partial charge in [-0.05, 0) is 37.5 Å². The summed E-state index contributed by atoms with van der Waals surface area (Å²) in [5.41, 5.74) is 2.22. The highest BCUT2D eigenvalue weighted by Crippen LogP contribution is 2.19. The topological polar surface area (TPSA) is 95.1 Å². The molecule has 0 fully saturated rings. The van der Waals surface area contributed by atoms with Crippen molar-refractivity contribution in [2.24, 2.45) is 0 Å². The number of nitrogens with one attached hydrogen (secondary N) is 2. The van der Waals surface area contributed by atoms with Crippen molar-refractivity contribution in [3.63, 3.8) is 0 Å². The lowest BCUT2D eigenvalue weighted by Crippen LogP contribution is -2.16. The van der Waals surface area contributed by atoms with Gasteiger partial charge in [-0.1, -0.05) is 6.07 Å². The van der Waals surface area contributed by atoms with E-state index in [1.54, 1.807) is 12.1 Å². The number of aromatic nitrogens is 2. The predicted molar refractivity (Wildman–Crippen MR) is 73.6 cm³/mol. The van der Waals surface area contributed by atoms with Gasteiger partial charge in [0, 0.05) is 11.3 Å².